The summed E-state index contributed by atoms with van der Waals surface area (Å²) in [6, 6.07) is 6.38. The van der Waals surface area contributed by atoms with E-state index in [9.17, 15) is 4.39 Å². The minimum Gasteiger partial charge on any atom is -0.493 e. The van der Waals surface area contributed by atoms with Crippen molar-refractivity contribution in [2.24, 2.45) is 0 Å². The minimum absolute atomic E-state index is 0.303. The fraction of sp³-hybridized carbons (Fsp3) is 0.250. The number of anilines is 1. The van der Waals surface area contributed by atoms with Gasteiger partial charge in [-0.05, 0) is 32.0 Å². The molecule has 2 N–H and O–H groups in total. The first kappa shape index (κ1) is 18.0. The Balaban J connectivity index is 1.82. The molecule has 0 aliphatic carbocycles. The van der Waals surface area contributed by atoms with Crippen molar-refractivity contribution >= 4 is 27.6 Å². The number of aromatic amines is 1. The summed E-state index contributed by atoms with van der Waals surface area (Å²) < 4.78 is 25.4. The Morgan fingerprint density at radius 1 is 1.07 bits per heavy atom. The Morgan fingerprint density at radius 3 is 2.57 bits per heavy atom. The first-order valence-electron chi connectivity index (χ1n) is 8.80. The lowest BCUT2D eigenvalue weighted by Gasteiger charge is -2.19. The molecule has 0 bridgehead atoms. The summed E-state index contributed by atoms with van der Waals surface area (Å²) in [6.45, 7) is 3.69. The van der Waals surface area contributed by atoms with Crippen molar-refractivity contribution in [3.8, 4) is 11.5 Å². The van der Waals surface area contributed by atoms with E-state index in [1.807, 2.05) is 19.9 Å². The Hall–Kier alpha value is -3.42. The number of halogens is 1. The van der Waals surface area contributed by atoms with Gasteiger partial charge in [0.05, 0.1) is 37.5 Å². The van der Waals surface area contributed by atoms with Crippen LogP contribution in [-0.4, -0.2) is 34.4 Å². The molecule has 28 heavy (non-hydrogen) atoms. The molecular weight excluding hydrogens is 361 g/mol. The Labute approximate surface area is 160 Å². The molecule has 0 aliphatic heterocycles. The summed E-state index contributed by atoms with van der Waals surface area (Å²) in [5.74, 6) is 2.04. The van der Waals surface area contributed by atoms with Crippen LogP contribution >= 0.6 is 0 Å². The molecule has 1 unspecified atom stereocenters. The lowest BCUT2D eigenvalue weighted by molar-refractivity contribution is 0.356. The van der Waals surface area contributed by atoms with Crippen molar-refractivity contribution in [1.29, 1.82) is 0 Å². The number of aromatic nitrogens is 4. The Bertz CT molecular complexity index is 1170. The molecule has 0 saturated carbocycles. The lowest BCUT2D eigenvalue weighted by Crippen LogP contribution is -2.11. The fourth-order valence-electron chi connectivity index (χ4n) is 3.41. The third kappa shape index (κ3) is 2.96. The summed E-state index contributed by atoms with van der Waals surface area (Å²) in [5, 5.41) is 11.7. The first-order valence-corrected chi connectivity index (χ1v) is 8.80. The number of rotatable bonds is 5. The molecule has 8 heteroatoms. The van der Waals surface area contributed by atoms with Crippen LogP contribution in [0.4, 0.5) is 10.2 Å². The van der Waals surface area contributed by atoms with Crippen molar-refractivity contribution in [3.05, 3.63) is 47.7 Å². The zero-order valence-electron chi connectivity index (χ0n) is 16.0. The molecule has 144 valence electrons. The van der Waals surface area contributed by atoms with Crippen molar-refractivity contribution in [2.75, 3.05) is 19.5 Å². The van der Waals surface area contributed by atoms with Crippen molar-refractivity contribution in [3.63, 3.8) is 0 Å². The average molecular weight is 381 g/mol. The van der Waals surface area contributed by atoms with Gasteiger partial charge in [0.15, 0.2) is 11.5 Å². The summed E-state index contributed by atoms with van der Waals surface area (Å²) in [5.41, 5.74) is 2.01. The van der Waals surface area contributed by atoms with Gasteiger partial charge in [-0.15, -0.1) is 0 Å². The molecule has 0 amide bonds. The van der Waals surface area contributed by atoms with Crippen LogP contribution in [0.5, 0.6) is 11.5 Å². The number of benzene rings is 2. The molecule has 0 radical (unpaired) electrons. The van der Waals surface area contributed by atoms with Gasteiger partial charge in [-0.3, -0.25) is 5.10 Å². The van der Waals surface area contributed by atoms with Crippen molar-refractivity contribution < 1.29 is 13.9 Å². The number of aryl methyl sites for hydroxylation is 1. The van der Waals surface area contributed by atoms with Crippen LogP contribution in [0, 0.1) is 12.7 Å². The van der Waals surface area contributed by atoms with E-state index in [1.165, 1.54) is 6.07 Å². The van der Waals surface area contributed by atoms with Gasteiger partial charge in [-0.25, -0.2) is 14.4 Å². The normalized spacial score (nSPS) is 12.3. The Morgan fingerprint density at radius 2 is 1.82 bits per heavy atom. The second kappa shape index (κ2) is 6.95. The summed E-state index contributed by atoms with van der Waals surface area (Å²) >= 11 is 0. The first-order chi connectivity index (χ1) is 13.5. The molecule has 7 nitrogen and oxygen atoms in total. The highest BCUT2D eigenvalue weighted by Gasteiger charge is 2.19. The third-order valence-electron chi connectivity index (χ3n) is 4.71. The maximum Gasteiger partial charge on any atom is 0.162 e. The molecule has 0 fully saturated rings. The highest BCUT2D eigenvalue weighted by Crippen LogP contribution is 2.36. The molecule has 4 rings (SSSR count). The van der Waals surface area contributed by atoms with Crippen LogP contribution < -0.4 is 14.8 Å². The van der Waals surface area contributed by atoms with E-state index in [4.69, 9.17) is 9.47 Å². The number of methoxy groups -OCH3 is 2. The van der Waals surface area contributed by atoms with Crippen LogP contribution in [0.2, 0.25) is 0 Å². The predicted octanol–water partition coefficient (Wildman–Crippen LogP) is 4.14. The maximum absolute atomic E-state index is 14.6. The SMILES string of the molecule is COc1cc2nc(C)nc(NC(C)c3c(F)ccc4[nH]ncc34)c2cc1OC. The van der Waals surface area contributed by atoms with Gasteiger partial charge in [0, 0.05) is 22.4 Å². The minimum atomic E-state index is -0.355. The number of hydrogen-bond acceptors (Lipinski definition) is 6. The largest absolute Gasteiger partial charge is 0.493 e. The lowest BCUT2D eigenvalue weighted by atomic mass is 10.0. The molecule has 0 spiro atoms. The summed E-state index contributed by atoms with van der Waals surface area (Å²) in [7, 11) is 3.15. The van der Waals surface area contributed by atoms with E-state index >= 15 is 0 Å². The monoisotopic (exact) mass is 381 g/mol. The smallest absolute Gasteiger partial charge is 0.162 e. The van der Waals surface area contributed by atoms with E-state index in [0.717, 1.165) is 16.3 Å². The van der Waals surface area contributed by atoms with Crippen molar-refractivity contribution in [2.45, 2.75) is 19.9 Å². The number of H-pyrrole nitrogens is 1. The number of nitrogens with zero attached hydrogens (tertiary/aromatic N) is 3. The van der Waals surface area contributed by atoms with E-state index in [-0.39, 0.29) is 11.9 Å². The Kier molecular flexibility index (Phi) is 4.46. The van der Waals surface area contributed by atoms with Gasteiger partial charge in [-0.2, -0.15) is 5.10 Å². The van der Waals surface area contributed by atoms with Gasteiger partial charge < -0.3 is 14.8 Å². The van der Waals surface area contributed by atoms with Crippen LogP contribution in [-0.2, 0) is 0 Å². The van der Waals surface area contributed by atoms with Gasteiger partial charge >= 0.3 is 0 Å². The topological polar surface area (TPSA) is 85.0 Å². The van der Waals surface area contributed by atoms with Crippen LogP contribution in [0.25, 0.3) is 21.8 Å². The molecule has 0 aliphatic rings. The number of hydrogen-bond donors (Lipinski definition) is 2. The van der Waals surface area contributed by atoms with E-state index in [0.29, 0.717) is 34.2 Å². The van der Waals surface area contributed by atoms with Crippen LogP contribution in [0.1, 0.15) is 24.4 Å². The van der Waals surface area contributed by atoms with Crippen molar-refractivity contribution in [1.82, 2.24) is 20.2 Å². The van der Waals surface area contributed by atoms with E-state index in [1.54, 1.807) is 32.5 Å². The quantitative estimate of drug-likeness (QED) is 0.540. The highest BCUT2D eigenvalue weighted by atomic mass is 19.1. The number of fused-ring (bicyclic) bond motifs is 2. The maximum atomic E-state index is 14.6. The molecular formula is C20H20FN5O2. The molecule has 2 aromatic carbocycles. The number of ether oxygens (including phenoxy) is 2. The van der Waals surface area contributed by atoms with Gasteiger partial charge in [0.25, 0.3) is 0 Å². The van der Waals surface area contributed by atoms with Crippen LogP contribution in [0.15, 0.2) is 30.5 Å². The molecule has 2 aromatic heterocycles. The summed E-state index contributed by atoms with van der Waals surface area (Å²) in [4.78, 5) is 9.01. The van der Waals surface area contributed by atoms with E-state index < -0.39 is 0 Å². The fourth-order valence-corrected chi connectivity index (χ4v) is 3.41. The molecule has 4 aromatic rings. The molecule has 1 atom stereocenters. The second-order valence-electron chi connectivity index (χ2n) is 6.50. The standard InChI is InChI=1S/C20H20FN5O2/c1-10(19-13-9-22-26-15(13)6-5-14(19)21)23-20-12-7-17(27-3)18(28-4)8-16(12)24-11(2)25-20/h5-10H,1-4H3,(H,22,26)(H,23,24,25). The average Bonchev–Trinajstić information content (AvgIpc) is 3.15. The number of nitrogens with one attached hydrogen (secondary N) is 2. The predicted molar refractivity (Wildman–Crippen MR) is 105 cm³/mol. The van der Waals surface area contributed by atoms with Crippen LogP contribution in [0.3, 0.4) is 0 Å². The summed E-state index contributed by atoms with van der Waals surface area (Å²) in [6.07, 6.45) is 1.63. The van der Waals surface area contributed by atoms with Gasteiger partial charge in [0.1, 0.15) is 17.5 Å². The zero-order chi connectivity index (χ0) is 19.8. The molecule has 2 heterocycles. The highest BCUT2D eigenvalue weighted by molar-refractivity contribution is 5.92. The second-order valence-corrected chi connectivity index (χ2v) is 6.50. The van der Waals surface area contributed by atoms with Gasteiger partial charge in [-0.1, -0.05) is 0 Å². The van der Waals surface area contributed by atoms with E-state index in [2.05, 4.69) is 25.5 Å². The van der Waals surface area contributed by atoms with Gasteiger partial charge in [0.2, 0.25) is 0 Å². The zero-order valence-corrected chi connectivity index (χ0v) is 16.0. The molecule has 0 saturated heterocycles. The third-order valence-corrected chi connectivity index (χ3v) is 4.71.